The quantitative estimate of drug-likeness (QED) is 0.920. The van der Waals surface area contributed by atoms with Gasteiger partial charge in [0.25, 0.3) is 0 Å². The molecule has 0 unspecified atom stereocenters. The van der Waals surface area contributed by atoms with Gasteiger partial charge in [0.05, 0.1) is 14.2 Å². The summed E-state index contributed by atoms with van der Waals surface area (Å²) < 4.78 is 24.3. The molecule has 0 aromatic heterocycles. The van der Waals surface area contributed by atoms with Crippen molar-refractivity contribution in [1.29, 1.82) is 0 Å². The minimum absolute atomic E-state index is 0.182. The molecule has 19 heavy (non-hydrogen) atoms. The van der Waals surface area contributed by atoms with Crippen LogP contribution in [0.5, 0.6) is 11.5 Å². The summed E-state index contributed by atoms with van der Waals surface area (Å²) in [6, 6.07) is 10.4. The Labute approximate surface area is 111 Å². The third-order valence-electron chi connectivity index (χ3n) is 2.99. The SMILES string of the molecule is COc1ccc(OC)c(-c2ccc(CN)c(F)c2)c1. The van der Waals surface area contributed by atoms with Crippen LogP contribution in [0.25, 0.3) is 11.1 Å². The van der Waals surface area contributed by atoms with Crippen molar-refractivity contribution in [2.45, 2.75) is 6.54 Å². The predicted molar refractivity (Wildman–Crippen MR) is 72.8 cm³/mol. The molecule has 0 amide bonds. The molecule has 4 heteroatoms. The second kappa shape index (κ2) is 5.71. The Morgan fingerprint density at radius 2 is 1.84 bits per heavy atom. The van der Waals surface area contributed by atoms with E-state index in [0.717, 1.165) is 11.1 Å². The fourth-order valence-electron chi connectivity index (χ4n) is 1.92. The lowest BCUT2D eigenvalue weighted by Crippen LogP contribution is -2.00. The van der Waals surface area contributed by atoms with E-state index < -0.39 is 0 Å². The maximum Gasteiger partial charge on any atom is 0.128 e. The van der Waals surface area contributed by atoms with Gasteiger partial charge in [-0.1, -0.05) is 12.1 Å². The minimum atomic E-state index is -0.315. The maximum absolute atomic E-state index is 13.8. The Kier molecular flexibility index (Phi) is 4.02. The number of nitrogens with two attached hydrogens (primary N) is 1. The van der Waals surface area contributed by atoms with Crippen molar-refractivity contribution >= 4 is 0 Å². The molecule has 3 nitrogen and oxygen atoms in total. The average Bonchev–Trinajstić information content (AvgIpc) is 2.46. The van der Waals surface area contributed by atoms with E-state index in [-0.39, 0.29) is 12.4 Å². The fourth-order valence-corrected chi connectivity index (χ4v) is 1.92. The van der Waals surface area contributed by atoms with Crippen LogP contribution in [0, 0.1) is 5.82 Å². The van der Waals surface area contributed by atoms with Gasteiger partial charge in [-0.3, -0.25) is 0 Å². The summed E-state index contributed by atoms with van der Waals surface area (Å²) in [4.78, 5) is 0. The molecule has 2 N–H and O–H groups in total. The van der Waals surface area contributed by atoms with Crippen LogP contribution in [0.2, 0.25) is 0 Å². The summed E-state index contributed by atoms with van der Waals surface area (Å²) in [5.41, 5.74) is 7.46. The summed E-state index contributed by atoms with van der Waals surface area (Å²) in [7, 11) is 3.17. The lowest BCUT2D eigenvalue weighted by atomic mass is 10.0. The van der Waals surface area contributed by atoms with E-state index in [0.29, 0.717) is 17.1 Å². The fraction of sp³-hybridized carbons (Fsp3) is 0.200. The van der Waals surface area contributed by atoms with Crippen LogP contribution in [0.1, 0.15) is 5.56 Å². The van der Waals surface area contributed by atoms with Crippen LogP contribution in [0.15, 0.2) is 36.4 Å². The molecule has 0 aliphatic carbocycles. The standard InChI is InChI=1S/C15H16FNO2/c1-18-12-5-6-15(19-2)13(8-12)10-3-4-11(9-17)14(16)7-10/h3-8H,9,17H2,1-2H3. The molecule has 0 bridgehead atoms. The van der Waals surface area contributed by atoms with E-state index in [2.05, 4.69) is 0 Å². The highest BCUT2D eigenvalue weighted by atomic mass is 19.1. The number of rotatable bonds is 4. The molecule has 0 saturated heterocycles. The molecule has 0 aliphatic heterocycles. The normalized spacial score (nSPS) is 10.3. The van der Waals surface area contributed by atoms with Crippen molar-refractivity contribution in [2.24, 2.45) is 5.73 Å². The molecule has 0 spiro atoms. The molecule has 100 valence electrons. The predicted octanol–water partition coefficient (Wildman–Crippen LogP) is 2.97. The van der Waals surface area contributed by atoms with E-state index in [4.69, 9.17) is 15.2 Å². The highest BCUT2D eigenvalue weighted by molar-refractivity contribution is 5.72. The largest absolute Gasteiger partial charge is 0.497 e. The van der Waals surface area contributed by atoms with Crippen LogP contribution < -0.4 is 15.2 Å². The number of halogens is 1. The van der Waals surface area contributed by atoms with Crippen LogP contribution in [-0.4, -0.2) is 14.2 Å². The third kappa shape index (κ3) is 2.69. The van der Waals surface area contributed by atoms with E-state index in [9.17, 15) is 4.39 Å². The second-order valence-corrected chi connectivity index (χ2v) is 4.08. The first-order valence-corrected chi connectivity index (χ1v) is 5.90. The molecule has 0 fully saturated rings. The lowest BCUT2D eigenvalue weighted by molar-refractivity contribution is 0.404. The molecule has 2 aromatic carbocycles. The van der Waals surface area contributed by atoms with Gasteiger partial charge in [0, 0.05) is 17.7 Å². The van der Waals surface area contributed by atoms with Crippen molar-refractivity contribution in [3.05, 3.63) is 47.8 Å². The highest BCUT2D eigenvalue weighted by Crippen LogP contribution is 2.34. The topological polar surface area (TPSA) is 44.5 Å². The van der Waals surface area contributed by atoms with Crippen LogP contribution in [0.3, 0.4) is 0 Å². The Balaban J connectivity index is 2.53. The number of ether oxygens (including phenoxy) is 2. The Morgan fingerprint density at radius 3 is 2.42 bits per heavy atom. The van der Waals surface area contributed by atoms with Gasteiger partial charge in [-0.2, -0.15) is 0 Å². The number of methoxy groups -OCH3 is 2. The van der Waals surface area contributed by atoms with E-state index >= 15 is 0 Å². The molecule has 0 saturated carbocycles. The minimum Gasteiger partial charge on any atom is -0.497 e. The first kappa shape index (κ1) is 13.4. The second-order valence-electron chi connectivity index (χ2n) is 4.08. The van der Waals surface area contributed by atoms with Gasteiger partial charge < -0.3 is 15.2 Å². The molecule has 2 aromatic rings. The summed E-state index contributed by atoms with van der Waals surface area (Å²) in [5, 5.41) is 0. The van der Waals surface area contributed by atoms with Crippen LogP contribution in [-0.2, 0) is 6.54 Å². The molecule has 0 aliphatic rings. The molecule has 0 radical (unpaired) electrons. The monoisotopic (exact) mass is 261 g/mol. The molecular formula is C15H16FNO2. The van der Waals surface area contributed by atoms with Gasteiger partial charge in [-0.15, -0.1) is 0 Å². The van der Waals surface area contributed by atoms with E-state index in [1.165, 1.54) is 6.07 Å². The Hall–Kier alpha value is -2.07. The maximum atomic E-state index is 13.8. The van der Waals surface area contributed by atoms with Crippen molar-refractivity contribution in [3.63, 3.8) is 0 Å². The summed E-state index contributed by atoms with van der Waals surface area (Å²) >= 11 is 0. The van der Waals surface area contributed by atoms with Crippen LogP contribution >= 0.6 is 0 Å². The van der Waals surface area contributed by atoms with Crippen molar-refractivity contribution in [3.8, 4) is 22.6 Å². The Morgan fingerprint density at radius 1 is 1.05 bits per heavy atom. The summed E-state index contributed by atoms with van der Waals surface area (Å²) in [6.07, 6.45) is 0. The Bertz CT molecular complexity index is 584. The zero-order valence-corrected chi connectivity index (χ0v) is 10.9. The van der Waals surface area contributed by atoms with Crippen LogP contribution in [0.4, 0.5) is 4.39 Å². The molecule has 0 atom stereocenters. The van der Waals surface area contributed by atoms with Crippen molar-refractivity contribution in [2.75, 3.05) is 14.2 Å². The zero-order chi connectivity index (χ0) is 13.8. The molecule has 2 rings (SSSR count). The van der Waals surface area contributed by atoms with E-state index in [1.54, 1.807) is 32.4 Å². The smallest absolute Gasteiger partial charge is 0.128 e. The van der Waals surface area contributed by atoms with Crippen molar-refractivity contribution in [1.82, 2.24) is 0 Å². The van der Waals surface area contributed by atoms with Crippen molar-refractivity contribution < 1.29 is 13.9 Å². The number of hydrogen-bond donors (Lipinski definition) is 1. The van der Waals surface area contributed by atoms with Gasteiger partial charge in [-0.05, 0) is 29.8 Å². The number of benzene rings is 2. The highest BCUT2D eigenvalue weighted by Gasteiger charge is 2.10. The van der Waals surface area contributed by atoms with Gasteiger partial charge in [-0.25, -0.2) is 4.39 Å². The van der Waals surface area contributed by atoms with Gasteiger partial charge in [0.15, 0.2) is 0 Å². The number of hydrogen-bond acceptors (Lipinski definition) is 3. The summed E-state index contributed by atoms with van der Waals surface area (Å²) in [6.45, 7) is 0.182. The molecular weight excluding hydrogens is 245 g/mol. The van der Waals surface area contributed by atoms with Gasteiger partial charge >= 0.3 is 0 Å². The first-order chi connectivity index (χ1) is 9.19. The van der Waals surface area contributed by atoms with Gasteiger partial charge in [0.1, 0.15) is 17.3 Å². The third-order valence-corrected chi connectivity index (χ3v) is 2.99. The molecule has 0 heterocycles. The first-order valence-electron chi connectivity index (χ1n) is 5.90. The van der Waals surface area contributed by atoms with Gasteiger partial charge in [0.2, 0.25) is 0 Å². The summed E-state index contributed by atoms with van der Waals surface area (Å²) in [5.74, 6) is 1.05. The van der Waals surface area contributed by atoms with E-state index in [1.807, 2.05) is 12.1 Å². The zero-order valence-electron chi connectivity index (χ0n) is 10.9. The average molecular weight is 261 g/mol. The lowest BCUT2D eigenvalue weighted by Gasteiger charge is -2.11.